The van der Waals surface area contributed by atoms with Crippen molar-refractivity contribution in [1.82, 2.24) is 64.0 Å². The summed E-state index contributed by atoms with van der Waals surface area (Å²) < 4.78 is 87.0. The van der Waals surface area contributed by atoms with Crippen LogP contribution in [0.4, 0.5) is 35.1 Å². The van der Waals surface area contributed by atoms with Gasteiger partial charge in [-0.1, -0.05) is 12.1 Å². The van der Waals surface area contributed by atoms with E-state index in [1.807, 2.05) is 61.3 Å². The Morgan fingerprint density at radius 2 is 1.11 bits per heavy atom. The van der Waals surface area contributed by atoms with Crippen LogP contribution in [0.2, 0.25) is 0 Å². The maximum absolute atomic E-state index is 15.2. The van der Waals surface area contributed by atoms with Crippen molar-refractivity contribution in [1.29, 1.82) is 0 Å². The molecule has 5 N–H and O–H groups in total. The molecule has 2 saturated heterocycles. The first-order chi connectivity index (χ1) is 42.4. The SMILES string of the molecule is CC(C)(O)Cn1cc(Br)cn1.COc1ccc(CNc2nc3cc(OC)c(F)cc3c3nc(C4CC(F)CN(c5cnn(CC(C)(C)O)c5)C4)nn23)c(C)c1.COc1ccc(CNc2nc3cc(OC)c(F)cc3c3nc(C4CNCC(F)C4)nn23)c(C)c1. The highest BCUT2D eigenvalue weighted by Gasteiger charge is 2.33. The summed E-state index contributed by atoms with van der Waals surface area (Å²) in [7, 11) is 6.07. The summed E-state index contributed by atoms with van der Waals surface area (Å²) in [6, 6.07) is 17.5. The predicted molar refractivity (Wildman–Crippen MR) is 334 cm³/mol. The average molecular weight is 1290 g/mol. The summed E-state index contributed by atoms with van der Waals surface area (Å²) >= 11 is 3.27. The number of ether oxygens (including phenoxy) is 4. The lowest BCUT2D eigenvalue weighted by molar-refractivity contribution is 0.0571. The van der Waals surface area contributed by atoms with Crippen LogP contribution in [0.15, 0.2) is 89.9 Å². The third kappa shape index (κ3) is 15.2. The molecule has 12 rings (SSSR count). The fourth-order valence-electron chi connectivity index (χ4n) is 10.8. The van der Waals surface area contributed by atoms with Crippen LogP contribution < -0.4 is 39.8 Å². The Balaban J connectivity index is 0.000000171. The molecule has 4 unspecified atom stereocenters. The van der Waals surface area contributed by atoms with Gasteiger partial charge in [-0.05, 0) is 129 Å². The fraction of sp³-hybridized carbons (Fsp3) is 0.419. The van der Waals surface area contributed by atoms with E-state index in [2.05, 4.69) is 47.2 Å². The number of nitrogens with one attached hydrogen (secondary N) is 3. The van der Waals surface area contributed by atoms with Crippen LogP contribution >= 0.6 is 15.9 Å². The van der Waals surface area contributed by atoms with Crippen molar-refractivity contribution in [3.05, 3.63) is 135 Å². The molecule has 4 aromatic carbocycles. The molecular formula is C62H73BrF4N16O6. The maximum Gasteiger partial charge on any atom is 0.226 e. The van der Waals surface area contributed by atoms with Gasteiger partial charge in [-0.2, -0.15) is 19.2 Å². The number of methoxy groups -OCH3 is 4. The second-order valence-electron chi connectivity index (χ2n) is 23.6. The van der Waals surface area contributed by atoms with Crippen molar-refractivity contribution < 1.29 is 46.7 Å². The van der Waals surface area contributed by atoms with Gasteiger partial charge in [0.1, 0.15) is 23.8 Å². The zero-order valence-electron chi connectivity index (χ0n) is 51.2. The first-order valence-electron chi connectivity index (χ1n) is 29.0. The van der Waals surface area contributed by atoms with Gasteiger partial charge in [0, 0.05) is 86.4 Å². The predicted octanol–water partition coefficient (Wildman–Crippen LogP) is 9.84. The van der Waals surface area contributed by atoms with Crippen molar-refractivity contribution in [3.63, 3.8) is 0 Å². The van der Waals surface area contributed by atoms with Crippen molar-refractivity contribution in [2.45, 2.75) is 116 Å². The number of rotatable bonds is 17. The van der Waals surface area contributed by atoms with Crippen LogP contribution in [0.25, 0.3) is 33.1 Å². The van der Waals surface area contributed by atoms with Crippen LogP contribution in [0, 0.1) is 25.5 Å². The van der Waals surface area contributed by atoms with E-state index < -0.39 is 35.2 Å². The number of hydrogen-bond acceptors (Lipinski definition) is 18. The summed E-state index contributed by atoms with van der Waals surface area (Å²) in [5.41, 5.74) is 5.18. The number of benzene rings is 4. The number of aryl methyl sites for hydroxylation is 2. The first-order valence-corrected chi connectivity index (χ1v) is 29.8. The van der Waals surface area contributed by atoms with E-state index in [0.29, 0.717) is 109 Å². The van der Waals surface area contributed by atoms with Gasteiger partial charge in [0.05, 0.1) is 86.3 Å². The van der Waals surface area contributed by atoms with Crippen molar-refractivity contribution >= 4 is 66.6 Å². The van der Waals surface area contributed by atoms with E-state index in [1.165, 1.54) is 32.4 Å². The zero-order chi connectivity index (χ0) is 63.5. The Bertz CT molecular complexity index is 4130. The van der Waals surface area contributed by atoms with E-state index in [0.717, 1.165) is 43.9 Å². The number of hydrogen-bond donors (Lipinski definition) is 5. The van der Waals surface area contributed by atoms with Crippen LogP contribution in [-0.4, -0.2) is 147 Å². The van der Waals surface area contributed by atoms with Crippen molar-refractivity contribution in [2.75, 3.05) is 70.2 Å². The summed E-state index contributed by atoms with van der Waals surface area (Å²) in [5, 5.41) is 48.1. The molecule has 2 aliphatic rings. The summed E-state index contributed by atoms with van der Waals surface area (Å²) in [5.74, 6) is 1.94. The van der Waals surface area contributed by atoms with E-state index >= 15 is 4.39 Å². The Labute approximate surface area is 519 Å². The Kier molecular flexibility index (Phi) is 19.1. The lowest BCUT2D eigenvalue weighted by Gasteiger charge is -2.34. The van der Waals surface area contributed by atoms with E-state index in [4.69, 9.17) is 44.0 Å². The monoisotopic (exact) mass is 1290 g/mol. The molecule has 10 aromatic rings. The minimum absolute atomic E-state index is 0.0689. The Morgan fingerprint density at radius 3 is 1.57 bits per heavy atom. The highest BCUT2D eigenvalue weighted by atomic mass is 79.9. The minimum atomic E-state index is -1.12. The molecule has 0 bridgehead atoms. The molecule has 2 aliphatic heterocycles. The van der Waals surface area contributed by atoms with Crippen LogP contribution in [-0.2, 0) is 26.2 Å². The van der Waals surface area contributed by atoms with Crippen molar-refractivity contribution in [3.8, 4) is 23.0 Å². The average Bonchev–Trinajstić information content (AvgIpc) is 1.71. The topological polar surface area (TPSA) is 239 Å². The zero-order valence-corrected chi connectivity index (χ0v) is 52.8. The third-order valence-corrected chi connectivity index (χ3v) is 15.6. The lowest BCUT2D eigenvalue weighted by Crippen LogP contribution is -2.41. The molecule has 472 valence electrons. The van der Waals surface area contributed by atoms with Gasteiger partial charge in [0.2, 0.25) is 11.9 Å². The van der Waals surface area contributed by atoms with Gasteiger partial charge in [-0.25, -0.2) is 37.5 Å². The number of nitrogens with zero attached hydrogens (tertiary/aromatic N) is 13. The molecule has 89 heavy (non-hydrogen) atoms. The number of alkyl halides is 2. The molecule has 22 nitrogen and oxygen atoms in total. The number of aliphatic hydroxyl groups is 2. The van der Waals surface area contributed by atoms with Gasteiger partial charge in [-0.3, -0.25) is 9.36 Å². The summed E-state index contributed by atoms with van der Waals surface area (Å²) in [4.78, 5) is 20.9. The fourth-order valence-corrected chi connectivity index (χ4v) is 11.1. The van der Waals surface area contributed by atoms with E-state index in [-0.39, 0.29) is 36.3 Å². The quantitative estimate of drug-likeness (QED) is 0.0533. The van der Waals surface area contributed by atoms with Gasteiger partial charge in [0.25, 0.3) is 0 Å². The number of anilines is 3. The first kappa shape index (κ1) is 63.6. The minimum Gasteiger partial charge on any atom is -0.497 e. The Morgan fingerprint density at radius 1 is 0.618 bits per heavy atom. The molecule has 0 amide bonds. The normalized spacial score (nSPS) is 17.1. The van der Waals surface area contributed by atoms with Gasteiger partial charge in [0.15, 0.2) is 46.1 Å². The molecular weight excluding hydrogens is 1220 g/mol. The standard InChI is InChI=1S/C31H36F2N8O3.C24H26F2N6O2.C7H11BrN2O/c1-18-8-23(43-4)7-6-19(18)12-34-30-36-26-11-27(44-5)25(33)10-24(26)29-37-28(38-41(29)30)20-9-21(32)15-39(14-20)22-13-35-40(16-22)17-31(2,3)42;1-13-6-17(33-2)5-4-14(13)11-28-24-29-20-9-21(34-3)19(26)8-18(20)23-30-22(31-32(23)24)15-7-16(25)12-27-10-15;1-7(2,11)5-10-4-6(8)3-9-10/h6-8,10-11,13,16,20-21,42H,9,12,14-15,17H2,1-5H3,(H,34,36);4-6,8-9,15-16,27H,7,10-12H2,1-3H3,(H,28,29);3-4,11H,5H2,1-2H3. The molecule has 0 saturated carbocycles. The van der Waals surface area contributed by atoms with Crippen LogP contribution in [0.1, 0.15) is 86.3 Å². The van der Waals surface area contributed by atoms with Crippen LogP contribution in [0.5, 0.6) is 23.0 Å². The molecule has 8 heterocycles. The molecule has 6 aromatic heterocycles. The molecule has 2 fully saturated rings. The lowest BCUT2D eigenvalue weighted by atomic mass is 9.96. The Hall–Kier alpha value is -8.40. The maximum atomic E-state index is 15.2. The van der Waals surface area contributed by atoms with E-state index in [9.17, 15) is 23.4 Å². The molecule has 27 heteroatoms. The van der Waals surface area contributed by atoms with Gasteiger partial charge >= 0.3 is 0 Å². The second kappa shape index (κ2) is 26.7. The highest BCUT2D eigenvalue weighted by molar-refractivity contribution is 9.10. The van der Waals surface area contributed by atoms with Crippen molar-refractivity contribution in [2.24, 2.45) is 0 Å². The smallest absolute Gasteiger partial charge is 0.226 e. The third-order valence-electron chi connectivity index (χ3n) is 15.2. The molecule has 0 spiro atoms. The number of fused-ring (bicyclic) bond motifs is 6. The molecule has 0 aliphatic carbocycles. The second-order valence-corrected chi connectivity index (χ2v) is 24.5. The summed E-state index contributed by atoms with van der Waals surface area (Å²) in [6.07, 6.45) is 5.51. The molecule has 0 radical (unpaired) electrons. The number of piperidine rings is 2. The number of halogens is 5. The summed E-state index contributed by atoms with van der Waals surface area (Å²) in [6.45, 7) is 14.3. The van der Waals surface area contributed by atoms with Gasteiger partial charge < -0.3 is 50.0 Å². The highest BCUT2D eigenvalue weighted by Crippen LogP contribution is 2.35. The van der Waals surface area contributed by atoms with Crippen LogP contribution in [0.3, 0.4) is 0 Å². The molecule has 4 atom stereocenters. The largest absolute Gasteiger partial charge is 0.497 e. The van der Waals surface area contributed by atoms with E-state index in [1.54, 1.807) is 85.0 Å². The number of aromatic nitrogens is 12. The van der Waals surface area contributed by atoms with Gasteiger partial charge in [-0.15, -0.1) is 10.2 Å².